The molecule has 18 heavy (non-hydrogen) atoms. The Morgan fingerprint density at radius 3 is 2.44 bits per heavy atom. The summed E-state index contributed by atoms with van der Waals surface area (Å²) in [6.07, 6.45) is 0. The van der Waals surface area contributed by atoms with E-state index in [1.165, 1.54) is 0 Å². The molecular weight excluding hydrogens is 232 g/mol. The van der Waals surface area contributed by atoms with E-state index < -0.39 is 5.60 Å². The molecule has 1 heterocycles. The number of aliphatic hydroxyl groups is 1. The molecule has 0 fully saturated rings. The van der Waals surface area contributed by atoms with Gasteiger partial charge in [-0.25, -0.2) is 0 Å². The summed E-state index contributed by atoms with van der Waals surface area (Å²) in [6, 6.07) is 7.26. The van der Waals surface area contributed by atoms with Crippen LogP contribution in [0.5, 0.6) is 5.75 Å². The second-order valence-electron chi connectivity index (χ2n) is 4.61. The Labute approximate surface area is 105 Å². The number of nitrogens with zero attached hydrogens (tertiary/aromatic N) is 2. The lowest BCUT2D eigenvalue weighted by Crippen LogP contribution is -2.14. The first kappa shape index (κ1) is 12.6. The molecule has 2 rings (SSSR count). The van der Waals surface area contributed by atoms with Crippen LogP contribution in [0.25, 0.3) is 0 Å². The quantitative estimate of drug-likeness (QED) is 0.898. The van der Waals surface area contributed by atoms with Gasteiger partial charge in [0.2, 0.25) is 0 Å². The average molecular weight is 248 g/mol. The summed E-state index contributed by atoms with van der Waals surface area (Å²) in [5.74, 6) is 1.73. The van der Waals surface area contributed by atoms with Crippen molar-refractivity contribution in [1.82, 2.24) is 10.1 Å². The van der Waals surface area contributed by atoms with Gasteiger partial charge in [0.25, 0.3) is 5.89 Å². The van der Waals surface area contributed by atoms with Crippen molar-refractivity contribution < 1.29 is 14.4 Å². The molecule has 5 heteroatoms. The molecule has 0 aliphatic rings. The molecule has 0 spiro atoms. The molecule has 0 radical (unpaired) electrons. The third-order valence-electron chi connectivity index (χ3n) is 2.49. The maximum Gasteiger partial charge on any atom is 0.264 e. The largest absolute Gasteiger partial charge is 0.484 e. The Morgan fingerprint density at radius 1 is 1.28 bits per heavy atom. The summed E-state index contributed by atoms with van der Waals surface area (Å²) < 4.78 is 10.4. The molecule has 0 unspecified atom stereocenters. The third-order valence-corrected chi connectivity index (χ3v) is 2.49. The predicted octanol–water partition coefficient (Wildman–Crippen LogP) is 2.18. The van der Waals surface area contributed by atoms with Crippen molar-refractivity contribution in [1.29, 1.82) is 0 Å². The Morgan fingerprint density at radius 2 is 1.94 bits per heavy atom. The topological polar surface area (TPSA) is 68.4 Å². The maximum atomic E-state index is 9.82. The minimum Gasteiger partial charge on any atom is -0.484 e. The first-order valence-electron chi connectivity index (χ1n) is 5.70. The van der Waals surface area contributed by atoms with Gasteiger partial charge in [0.05, 0.1) is 5.60 Å². The molecule has 1 aromatic carbocycles. The summed E-state index contributed by atoms with van der Waals surface area (Å²) in [6.45, 7) is 5.47. The molecular formula is C13H16N2O3. The fourth-order valence-corrected chi connectivity index (χ4v) is 1.50. The number of aryl methyl sites for hydroxylation is 1. The standard InChI is InChI=1S/C13H16N2O3/c1-9-14-12(18-15-9)8-17-11-6-4-10(5-7-11)13(2,3)16/h4-7,16H,8H2,1-3H3. The molecule has 0 atom stereocenters. The smallest absolute Gasteiger partial charge is 0.264 e. The minimum atomic E-state index is -0.845. The Kier molecular flexibility index (Phi) is 3.34. The van der Waals surface area contributed by atoms with Crippen LogP contribution in [0.4, 0.5) is 0 Å². The monoisotopic (exact) mass is 248 g/mol. The Hall–Kier alpha value is -1.88. The van der Waals surface area contributed by atoms with Gasteiger partial charge in [-0.3, -0.25) is 0 Å². The molecule has 96 valence electrons. The van der Waals surface area contributed by atoms with Crippen molar-refractivity contribution in [3.8, 4) is 5.75 Å². The lowest BCUT2D eigenvalue weighted by Gasteiger charge is -2.17. The van der Waals surface area contributed by atoms with Crippen LogP contribution >= 0.6 is 0 Å². The normalized spacial score (nSPS) is 11.6. The van der Waals surface area contributed by atoms with E-state index in [1.807, 2.05) is 12.1 Å². The molecule has 0 aliphatic carbocycles. The third kappa shape index (κ3) is 3.07. The van der Waals surface area contributed by atoms with Crippen LogP contribution in [-0.2, 0) is 12.2 Å². The van der Waals surface area contributed by atoms with Crippen LogP contribution in [0.15, 0.2) is 28.8 Å². The zero-order chi connectivity index (χ0) is 13.2. The van der Waals surface area contributed by atoms with Gasteiger partial charge < -0.3 is 14.4 Å². The van der Waals surface area contributed by atoms with E-state index in [1.54, 1.807) is 32.9 Å². The molecule has 0 aliphatic heterocycles. The summed E-state index contributed by atoms with van der Waals surface area (Å²) in [4.78, 5) is 4.04. The van der Waals surface area contributed by atoms with Gasteiger partial charge >= 0.3 is 0 Å². The predicted molar refractivity (Wildman–Crippen MR) is 65.1 cm³/mol. The highest BCUT2D eigenvalue weighted by Gasteiger charge is 2.15. The zero-order valence-corrected chi connectivity index (χ0v) is 10.7. The van der Waals surface area contributed by atoms with E-state index >= 15 is 0 Å². The highest BCUT2D eigenvalue weighted by Crippen LogP contribution is 2.22. The summed E-state index contributed by atoms with van der Waals surface area (Å²) in [5.41, 5.74) is -0.00855. The molecule has 0 amide bonds. The zero-order valence-electron chi connectivity index (χ0n) is 10.7. The van der Waals surface area contributed by atoms with E-state index in [0.29, 0.717) is 17.5 Å². The van der Waals surface area contributed by atoms with E-state index in [2.05, 4.69) is 10.1 Å². The van der Waals surface area contributed by atoms with Crippen LogP contribution in [0.3, 0.4) is 0 Å². The number of benzene rings is 1. The number of hydrogen-bond donors (Lipinski definition) is 1. The van der Waals surface area contributed by atoms with Crippen LogP contribution in [0.2, 0.25) is 0 Å². The average Bonchev–Trinajstić information content (AvgIpc) is 2.72. The van der Waals surface area contributed by atoms with Crippen LogP contribution in [0.1, 0.15) is 31.1 Å². The van der Waals surface area contributed by atoms with Crippen molar-refractivity contribution >= 4 is 0 Å². The fraction of sp³-hybridized carbons (Fsp3) is 0.385. The van der Waals surface area contributed by atoms with Crippen molar-refractivity contribution in [3.63, 3.8) is 0 Å². The molecule has 0 bridgehead atoms. The lowest BCUT2D eigenvalue weighted by molar-refractivity contribution is 0.0785. The summed E-state index contributed by atoms with van der Waals surface area (Å²) >= 11 is 0. The Bertz CT molecular complexity index is 512. The summed E-state index contributed by atoms with van der Waals surface area (Å²) in [7, 11) is 0. The van der Waals surface area contributed by atoms with E-state index in [4.69, 9.17) is 9.26 Å². The molecule has 5 nitrogen and oxygen atoms in total. The first-order chi connectivity index (χ1) is 8.45. The highest BCUT2D eigenvalue weighted by atomic mass is 16.5. The molecule has 2 aromatic rings. The van der Waals surface area contributed by atoms with Crippen molar-refractivity contribution in [2.75, 3.05) is 0 Å². The molecule has 1 N–H and O–H groups in total. The minimum absolute atomic E-state index is 0.239. The van der Waals surface area contributed by atoms with Crippen LogP contribution in [0, 0.1) is 6.92 Å². The second-order valence-corrected chi connectivity index (χ2v) is 4.61. The van der Waals surface area contributed by atoms with Gasteiger partial charge in [-0.05, 0) is 38.5 Å². The van der Waals surface area contributed by atoms with Gasteiger partial charge in [0, 0.05) is 0 Å². The van der Waals surface area contributed by atoms with Gasteiger partial charge in [-0.1, -0.05) is 17.3 Å². The van der Waals surface area contributed by atoms with Gasteiger partial charge in [0.1, 0.15) is 5.75 Å². The van der Waals surface area contributed by atoms with E-state index in [9.17, 15) is 5.11 Å². The van der Waals surface area contributed by atoms with Crippen molar-refractivity contribution in [3.05, 3.63) is 41.5 Å². The first-order valence-corrected chi connectivity index (χ1v) is 5.70. The number of hydrogen-bond acceptors (Lipinski definition) is 5. The Balaban J connectivity index is 1.98. The van der Waals surface area contributed by atoms with Crippen LogP contribution < -0.4 is 4.74 Å². The molecule has 0 saturated heterocycles. The van der Waals surface area contributed by atoms with E-state index in [0.717, 1.165) is 5.56 Å². The van der Waals surface area contributed by atoms with E-state index in [-0.39, 0.29) is 6.61 Å². The van der Waals surface area contributed by atoms with Gasteiger partial charge in [-0.15, -0.1) is 0 Å². The number of rotatable bonds is 4. The SMILES string of the molecule is Cc1noc(COc2ccc(C(C)(C)O)cc2)n1. The summed E-state index contributed by atoms with van der Waals surface area (Å²) in [5, 5.41) is 13.5. The number of ether oxygens (including phenoxy) is 1. The second kappa shape index (κ2) is 4.78. The number of aromatic nitrogens is 2. The van der Waals surface area contributed by atoms with Gasteiger partial charge in [-0.2, -0.15) is 4.98 Å². The van der Waals surface area contributed by atoms with Crippen molar-refractivity contribution in [2.45, 2.75) is 33.0 Å². The molecule has 1 aromatic heterocycles. The van der Waals surface area contributed by atoms with Gasteiger partial charge in [0.15, 0.2) is 12.4 Å². The maximum absolute atomic E-state index is 9.82. The fourth-order valence-electron chi connectivity index (χ4n) is 1.50. The van der Waals surface area contributed by atoms with Crippen LogP contribution in [-0.4, -0.2) is 15.2 Å². The highest BCUT2D eigenvalue weighted by molar-refractivity contribution is 5.30. The lowest BCUT2D eigenvalue weighted by atomic mass is 9.99. The molecule has 0 saturated carbocycles. The van der Waals surface area contributed by atoms with Crippen molar-refractivity contribution in [2.24, 2.45) is 0 Å².